The minimum Gasteiger partial charge on any atom is -0.505 e. The molecular formula is C22H16Cl2N4O4. The van der Waals surface area contributed by atoms with Crippen molar-refractivity contribution in [2.45, 2.75) is 6.54 Å². The summed E-state index contributed by atoms with van der Waals surface area (Å²) in [6.07, 6.45) is 2.83. The number of hydrogen-bond donors (Lipinski definition) is 2. The molecule has 32 heavy (non-hydrogen) atoms. The number of rotatable bonds is 5. The number of aromatic nitrogens is 3. The summed E-state index contributed by atoms with van der Waals surface area (Å²) in [6.45, 7) is 0.219. The molecule has 2 aromatic carbocycles. The molecule has 2 N–H and O–H groups in total. The number of nitrogens with zero attached hydrogens (tertiary/aromatic N) is 3. The Labute approximate surface area is 192 Å². The van der Waals surface area contributed by atoms with Crippen LogP contribution < -0.4 is 15.6 Å². The predicted molar refractivity (Wildman–Crippen MR) is 122 cm³/mol. The standard InChI is InChI=1S/C22H16Cl2N4O4/c1-32-17-5-3-2-4-12(17)10-28-11-26-20-18(22(28)31)16(6-7-25-20)27-21(30)13-8-14(23)19(29)15(24)9-13/h2-9,11,29H,10H2,1H3,(H,25,27,30). The number of carbonyl (C=O) groups excluding carboxylic acids is 1. The summed E-state index contributed by atoms with van der Waals surface area (Å²) in [5, 5.41) is 12.4. The molecule has 0 saturated heterocycles. The molecule has 0 saturated carbocycles. The average molecular weight is 471 g/mol. The minimum atomic E-state index is -0.569. The first-order chi connectivity index (χ1) is 15.4. The molecule has 10 heteroatoms. The topological polar surface area (TPSA) is 106 Å². The van der Waals surface area contributed by atoms with Crippen LogP contribution in [0.5, 0.6) is 11.5 Å². The smallest absolute Gasteiger partial charge is 0.265 e. The van der Waals surface area contributed by atoms with Crippen molar-refractivity contribution in [2.75, 3.05) is 12.4 Å². The molecule has 0 aliphatic heterocycles. The van der Waals surface area contributed by atoms with Crippen LogP contribution in [-0.4, -0.2) is 32.7 Å². The predicted octanol–water partition coefficient (Wildman–Crippen LogP) is 4.11. The lowest BCUT2D eigenvalue weighted by Gasteiger charge is -2.12. The minimum absolute atomic E-state index is 0.0666. The number of hydrogen-bond acceptors (Lipinski definition) is 6. The van der Waals surface area contributed by atoms with E-state index in [0.29, 0.717) is 5.75 Å². The van der Waals surface area contributed by atoms with Crippen molar-refractivity contribution >= 4 is 45.8 Å². The fourth-order valence-corrected chi connectivity index (χ4v) is 3.69. The zero-order valence-electron chi connectivity index (χ0n) is 16.7. The number of aromatic hydroxyl groups is 1. The Morgan fingerprint density at radius 1 is 1.16 bits per heavy atom. The summed E-state index contributed by atoms with van der Waals surface area (Å²) < 4.78 is 6.76. The Hall–Kier alpha value is -3.62. The van der Waals surface area contributed by atoms with Crippen LogP contribution in [0, 0.1) is 0 Å². The van der Waals surface area contributed by atoms with E-state index in [-0.39, 0.29) is 50.2 Å². The van der Waals surface area contributed by atoms with Gasteiger partial charge in [0.05, 0.1) is 29.4 Å². The number of phenols is 1. The van der Waals surface area contributed by atoms with E-state index in [1.807, 2.05) is 18.2 Å². The zero-order valence-corrected chi connectivity index (χ0v) is 18.2. The summed E-state index contributed by atoms with van der Waals surface area (Å²) in [6, 6.07) is 11.4. The van der Waals surface area contributed by atoms with Crippen LogP contribution in [0.1, 0.15) is 15.9 Å². The molecular weight excluding hydrogens is 455 g/mol. The van der Waals surface area contributed by atoms with Crippen molar-refractivity contribution in [3.8, 4) is 11.5 Å². The molecule has 4 rings (SSSR count). The van der Waals surface area contributed by atoms with E-state index in [0.717, 1.165) is 5.56 Å². The van der Waals surface area contributed by atoms with Crippen molar-refractivity contribution in [2.24, 2.45) is 0 Å². The third-order valence-electron chi connectivity index (χ3n) is 4.79. The number of halogens is 2. The molecule has 1 amide bonds. The van der Waals surface area contributed by atoms with Gasteiger partial charge in [-0.3, -0.25) is 14.2 Å². The van der Waals surface area contributed by atoms with Gasteiger partial charge in [0.2, 0.25) is 0 Å². The number of para-hydroxylation sites is 1. The van der Waals surface area contributed by atoms with Crippen LogP contribution in [0.25, 0.3) is 11.0 Å². The third kappa shape index (κ3) is 4.10. The third-order valence-corrected chi connectivity index (χ3v) is 5.36. The van der Waals surface area contributed by atoms with Gasteiger partial charge in [-0.2, -0.15) is 0 Å². The van der Waals surface area contributed by atoms with Gasteiger partial charge in [0.25, 0.3) is 11.5 Å². The Bertz CT molecular complexity index is 1380. The van der Waals surface area contributed by atoms with Gasteiger partial charge in [-0.1, -0.05) is 41.4 Å². The highest BCUT2D eigenvalue weighted by Crippen LogP contribution is 2.33. The molecule has 0 bridgehead atoms. The molecule has 8 nitrogen and oxygen atoms in total. The average Bonchev–Trinajstić information content (AvgIpc) is 2.79. The number of carbonyl (C=O) groups is 1. The van der Waals surface area contributed by atoms with Crippen molar-refractivity contribution < 1.29 is 14.6 Å². The normalized spacial score (nSPS) is 10.8. The number of pyridine rings is 1. The molecule has 0 aliphatic rings. The highest BCUT2D eigenvalue weighted by atomic mass is 35.5. The van der Waals surface area contributed by atoms with Crippen LogP contribution >= 0.6 is 23.2 Å². The van der Waals surface area contributed by atoms with Gasteiger partial charge >= 0.3 is 0 Å². The Morgan fingerprint density at radius 2 is 1.88 bits per heavy atom. The lowest BCUT2D eigenvalue weighted by Crippen LogP contribution is -2.23. The Kier molecular flexibility index (Phi) is 5.98. The second-order valence-electron chi connectivity index (χ2n) is 6.79. The van der Waals surface area contributed by atoms with Crippen LogP contribution in [0.2, 0.25) is 10.0 Å². The van der Waals surface area contributed by atoms with Crippen LogP contribution in [-0.2, 0) is 6.54 Å². The number of ether oxygens (including phenoxy) is 1. The zero-order chi connectivity index (χ0) is 22.8. The molecule has 0 unspecified atom stereocenters. The summed E-state index contributed by atoms with van der Waals surface area (Å²) in [5.41, 5.74) is 0.936. The maximum atomic E-state index is 13.2. The second-order valence-corrected chi connectivity index (χ2v) is 7.60. The van der Waals surface area contributed by atoms with Crippen LogP contribution in [0.4, 0.5) is 5.69 Å². The van der Waals surface area contributed by atoms with Gasteiger partial charge in [0, 0.05) is 17.3 Å². The number of fused-ring (bicyclic) bond motifs is 1. The molecule has 162 valence electrons. The highest BCUT2D eigenvalue weighted by Gasteiger charge is 2.17. The number of amides is 1. The van der Waals surface area contributed by atoms with E-state index < -0.39 is 5.91 Å². The van der Waals surface area contributed by atoms with E-state index in [1.54, 1.807) is 13.2 Å². The van der Waals surface area contributed by atoms with E-state index >= 15 is 0 Å². The summed E-state index contributed by atoms with van der Waals surface area (Å²) in [7, 11) is 1.56. The molecule has 2 heterocycles. The Morgan fingerprint density at radius 3 is 2.59 bits per heavy atom. The van der Waals surface area contributed by atoms with Gasteiger partial charge in [-0.25, -0.2) is 9.97 Å². The maximum Gasteiger partial charge on any atom is 0.265 e. The van der Waals surface area contributed by atoms with Crippen molar-refractivity contribution in [1.29, 1.82) is 0 Å². The lowest BCUT2D eigenvalue weighted by molar-refractivity contribution is 0.102. The SMILES string of the molecule is COc1ccccc1Cn1cnc2nccc(NC(=O)c3cc(Cl)c(O)c(Cl)c3)c2c1=O. The van der Waals surface area contributed by atoms with E-state index in [1.165, 1.54) is 35.3 Å². The van der Waals surface area contributed by atoms with Crippen molar-refractivity contribution in [1.82, 2.24) is 14.5 Å². The first-order valence-electron chi connectivity index (χ1n) is 9.34. The highest BCUT2D eigenvalue weighted by molar-refractivity contribution is 6.37. The van der Waals surface area contributed by atoms with E-state index in [9.17, 15) is 14.7 Å². The van der Waals surface area contributed by atoms with Crippen molar-refractivity contribution in [3.05, 3.63) is 86.5 Å². The van der Waals surface area contributed by atoms with Gasteiger partial charge in [0.15, 0.2) is 11.4 Å². The van der Waals surface area contributed by atoms with E-state index in [4.69, 9.17) is 27.9 Å². The summed E-state index contributed by atoms with van der Waals surface area (Å²) >= 11 is 11.8. The molecule has 2 aromatic heterocycles. The number of anilines is 1. The van der Waals surface area contributed by atoms with Crippen LogP contribution in [0.15, 0.2) is 59.8 Å². The molecule has 0 aliphatic carbocycles. The van der Waals surface area contributed by atoms with E-state index in [2.05, 4.69) is 15.3 Å². The van der Waals surface area contributed by atoms with Gasteiger partial charge in [0.1, 0.15) is 17.5 Å². The van der Waals surface area contributed by atoms with Gasteiger partial charge < -0.3 is 15.2 Å². The lowest BCUT2D eigenvalue weighted by atomic mass is 10.2. The number of nitrogens with one attached hydrogen (secondary N) is 1. The summed E-state index contributed by atoms with van der Waals surface area (Å²) in [5.74, 6) is -0.246. The van der Waals surface area contributed by atoms with Gasteiger partial charge in [-0.05, 0) is 24.3 Å². The number of phenolic OH excluding ortho intramolecular Hbond substituents is 1. The molecule has 0 spiro atoms. The molecule has 0 fully saturated rings. The monoisotopic (exact) mass is 470 g/mol. The first kappa shape index (κ1) is 21.6. The fourth-order valence-electron chi connectivity index (χ4n) is 3.20. The summed E-state index contributed by atoms with van der Waals surface area (Å²) in [4.78, 5) is 34.4. The molecule has 0 atom stereocenters. The molecule has 0 radical (unpaired) electrons. The number of methoxy groups -OCH3 is 1. The van der Waals surface area contributed by atoms with Gasteiger partial charge in [-0.15, -0.1) is 0 Å². The molecule has 4 aromatic rings. The fraction of sp³-hybridized carbons (Fsp3) is 0.0909. The van der Waals surface area contributed by atoms with Crippen molar-refractivity contribution in [3.63, 3.8) is 0 Å². The number of benzene rings is 2. The second kappa shape index (κ2) is 8.86. The van der Waals surface area contributed by atoms with Crippen LogP contribution in [0.3, 0.4) is 0 Å². The maximum absolute atomic E-state index is 13.2. The largest absolute Gasteiger partial charge is 0.505 e. The Balaban J connectivity index is 1.74. The first-order valence-corrected chi connectivity index (χ1v) is 10.1. The quantitative estimate of drug-likeness (QED) is 0.454.